The maximum atomic E-state index is 13.3. The van der Waals surface area contributed by atoms with Gasteiger partial charge >= 0.3 is 5.97 Å². The molecule has 1 rings (SSSR count). The van der Waals surface area contributed by atoms with Crippen LogP contribution in [0, 0.1) is 11.6 Å². The highest BCUT2D eigenvalue weighted by molar-refractivity contribution is 7.89. The summed E-state index contributed by atoms with van der Waals surface area (Å²) in [6.45, 7) is 1.06. The maximum Gasteiger partial charge on any atom is 0.324 e. The Labute approximate surface area is 107 Å². The van der Waals surface area contributed by atoms with Crippen molar-refractivity contribution in [2.24, 2.45) is 0 Å². The highest BCUT2D eigenvalue weighted by Gasteiger charge is 2.30. The van der Waals surface area contributed by atoms with Crippen molar-refractivity contribution in [3.8, 4) is 0 Å². The van der Waals surface area contributed by atoms with Gasteiger partial charge in [0, 0.05) is 6.07 Å². The minimum Gasteiger partial charge on any atom is -0.480 e. The van der Waals surface area contributed by atoms with E-state index in [1.165, 1.54) is 0 Å². The Morgan fingerprint density at radius 3 is 2.37 bits per heavy atom. The summed E-state index contributed by atoms with van der Waals surface area (Å²) < 4.78 is 51.1. The van der Waals surface area contributed by atoms with Crippen LogP contribution in [0.2, 0.25) is 0 Å². The van der Waals surface area contributed by atoms with Crippen LogP contribution >= 0.6 is 0 Å². The molecule has 19 heavy (non-hydrogen) atoms. The van der Waals surface area contributed by atoms with E-state index in [-0.39, 0.29) is 0 Å². The van der Waals surface area contributed by atoms with Gasteiger partial charge in [0.1, 0.15) is 22.6 Å². The Kier molecular flexibility index (Phi) is 4.56. The van der Waals surface area contributed by atoms with Gasteiger partial charge in [-0.1, -0.05) is 0 Å². The molecule has 0 radical (unpaired) electrons. The van der Waals surface area contributed by atoms with Gasteiger partial charge in [-0.2, -0.15) is 4.72 Å². The fraction of sp³-hybridized carbons (Fsp3) is 0.300. The van der Waals surface area contributed by atoms with Crippen LogP contribution in [-0.2, 0) is 14.8 Å². The zero-order valence-electron chi connectivity index (χ0n) is 9.67. The monoisotopic (exact) mass is 295 g/mol. The molecule has 1 aromatic carbocycles. The Morgan fingerprint density at radius 2 is 1.95 bits per heavy atom. The second-order valence-electron chi connectivity index (χ2n) is 3.75. The number of rotatable bonds is 5. The molecule has 1 aromatic rings. The predicted octanol–water partition coefficient (Wildman–Crippen LogP) is 0.0771. The van der Waals surface area contributed by atoms with Crippen molar-refractivity contribution in [2.45, 2.75) is 24.0 Å². The number of carboxylic acid groups (broad SMARTS) is 1. The first kappa shape index (κ1) is 15.5. The third kappa shape index (κ3) is 3.69. The second-order valence-corrected chi connectivity index (χ2v) is 5.43. The summed E-state index contributed by atoms with van der Waals surface area (Å²) in [5.41, 5.74) is 0. The van der Waals surface area contributed by atoms with Crippen molar-refractivity contribution < 1.29 is 32.2 Å². The molecule has 0 amide bonds. The average molecular weight is 295 g/mol. The Hall–Kier alpha value is -1.58. The van der Waals surface area contributed by atoms with Crippen molar-refractivity contribution in [2.75, 3.05) is 0 Å². The molecule has 3 N–H and O–H groups in total. The van der Waals surface area contributed by atoms with Gasteiger partial charge in [0.25, 0.3) is 0 Å². The molecule has 0 aliphatic rings. The molecule has 0 aliphatic carbocycles. The van der Waals surface area contributed by atoms with Crippen molar-refractivity contribution in [3.63, 3.8) is 0 Å². The van der Waals surface area contributed by atoms with Crippen molar-refractivity contribution in [1.29, 1.82) is 0 Å². The summed E-state index contributed by atoms with van der Waals surface area (Å²) in [7, 11) is -4.53. The quantitative estimate of drug-likeness (QED) is 0.713. The summed E-state index contributed by atoms with van der Waals surface area (Å²) in [5, 5.41) is 17.9. The van der Waals surface area contributed by atoms with Crippen LogP contribution in [-0.4, -0.2) is 36.7 Å². The lowest BCUT2D eigenvalue weighted by atomic mass is 10.2. The smallest absolute Gasteiger partial charge is 0.324 e. The van der Waals surface area contributed by atoms with Gasteiger partial charge in [-0.15, -0.1) is 0 Å². The Morgan fingerprint density at radius 1 is 1.37 bits per heavy atom. The van der Waals surface area contributed by atoms with Crippen LogP contribution in [0.4, 0.5) is 8.78 Å². The number of carboxylic acids is 1. The molecule has 0 fully saturated rings. The average Bonchev–Trinajstić information content (AvgIpc) is 2.24. The first-order chi connectivity index (χ1) is 8.65. The van der Waals surface area contributed by atoms with Gasteiger partial charge in [0.05, 0.1) is 6.10 Å². The molecule has 2 unspecified atom stereocenters. The van der Waals surface area contributed by atoms with Gasteiger partial charge in [0.15, 0.2) is 0 Å². The summed E-state index contributed by atoms with van der Waals surface area (Å²) in [6, 6.07) is -0.106. The number of halogens is 2. The molecule has 2 atom stereocenters. The lowest BCUT2D eigenvalue weighted by molar-refractivity contribution is -0.141. The van der Waals surface area contributed by atoms with E-state index < -0.39 is 44.7 Å². The van der Waals surface area contributed by atoms with Gasteiger partial charge in [-0.05, 0) is 19.1 Å². The molecular weight excluding hydrogens is 284 g/mol. The van der Waals surface area contributed by atoms with E-state index in [1.54, 1.807) is 4.72 Å². The minimum atomic E-state index is -4.53. The summed E-state index contributed by atoms with van der Waals surface area (Å²) >= 11 is 0. The number of hydrogen-bond donors (Lipinski definition) is 3. The largest absolute Gasteiger partial charge is 0.480 e. The van der Waals surface area contributed by atoms with Crippen LogP contribution in [0.5, 0.6) is 0 Å². The van der Waals surface area contributed by atoms with Gasteiger partial charge in [0.2, 0.25) is 10.0 Å². The Bertz CT molecular complexity index is 588. The molecule has 106 valence electrons. The zero-order valence-corrected chi connectivity index (χ0v) is 10.5. The van der Waals surface area contributed by atoms with E-state index >= 15 is 0 Å². The van der Waals surface area contributed by atoms with E-state index in [4.69, 9.17) is 10.2 Å². The number of aliphatic hydroxyl groups excluding tert-OH is 1. The number of carbonyl (C=O) groups is 1. The molecule has 0 saturated heterocycles. The van der Waals surface area contributed by atoms with E-state index in [0.717, 1.165) is 13.0 Å². The van der Waals surface area contributed by atoms with Crippen LogP contribution in [0.1, 0.15) is 6.92 Å². The van der Waals surface area contributed by atoms with Gasteiger partial charge in [-0.25, -0.2) is 17.2 Å². The number of aliphatic carboxylic acids is 1. The molecule has 0 aliphatic heterocycles. The molecular formula is C10H11F2NO5S. The summed E-state index contributed by atoms with van der Waals surface area (Å²) in [6.07, 6.45) is -1.53. The summed E-state index contributed by atoms with van der Waals surface area (Å²) in [5.74, 6) is -3.95. The highest BCUT2D eigenvalue weighted by Crippen LogP contribution is 2.16. The third-order valence-electron chi connectivity index (χ3n) is 2.21. The van der Waals surface area contributed by atoms with Crippen molar-refractivity contribution in [1.82, 2.24) is 4.72 Å². The van der Waals surface area contributed by atoms with E-state index in [9.17, 15) is 22.0 Å². The standard InChI is InChI=1S/C10H11F2NO5S/c1-5(14)9(10(15)16)13-19(17,18)8-3-2-6(11)4-7(8)12/h2-5,9,13-14H,1H3,(H,15,16). The lowest BCUT2D eigenvalue weighted by Gasteiger charge is -2.17. The maximum absolute atomic E-state index is 13.3. The number of benzene rings is 1. The first-order valence-corrected chi connectivity index (χ1v) is 6.51. The lowest BCUT2D eigenvalue weighted by Crippen LogP contribution is -2.47. The van der Waals surface area contributed by atoms with Crippen LogP contribution in [0.25, 0.3) is 0 Å². The van der Waals surface area contributed by atoms with E-state index in [1.807, 2.05) is 0 Å². The molecule has 0 bridgehead atoms. The molecule has 0 aromatic heterocycles. The predicted molar refractivity (Wildman–Crippen MR) is 59.8 cm³/mol. The van der Waals surface area contributed by atoms with Crippen LogP contribution in [0.3, 0.4) is 0 Å². The fourth-order valence-corrected chi connectivity index (χ4v) is 2.60. The molecule has 0 heterocycles. The normalized spacial score (nSPS) is 14.9. The van der Waals surface area contributed by atoms with Crippen molar-refractivity contribution in [3.05, 3.63) is 29.8 Å². The fourth-order valence-electron chi connectivity index (χ4n) is 1.28. The topological polar surface area (TPSA) is 104 Å². The second kappa shape index (κ2) is 5.59. The molecule has 0 saturated carbocycles. The third-order valence-corrected chi connectivity index (χ3v) is 3.69. The first-order valence-electron chi connectivity index (χ1n) is 5.03. The number of sulfonamides is 1. The number of hydrogen-bond acceptors (Lipinski definition) is 4. The number of aliphatic hydroxyl groups is 1. The van der Waals surface area contributed by atoms with Gasteiger partial charge in [-0.3, -0.25) is 4.79 Å². The molecule has 0 spiro atoms. The zero-order chi connectivity index (χ0) is 14.8. The van der Waals surface area contributed by atoms with Crippen LogP contribution in [0.15, 0.2) is 23.1 Å². The minimum absolute atomic E-state index is 0.354. The van der Waals surface area contributed by atoms with Crippen molar-refractivity contribution >= 4 is 16.0 Å². The van der Waals surface area contributed by atoms with Gasteiger partial charge < -0.3 is 10.2 Å². The highest BCUT2D eigenvalue weighted by atomic mass is 32.2. The van der Waals surface area contributed by atoms with E-state index in [2.05, 4.69) is 0 Å². The molecule has 9 heteroatoms. The molecule has 6 nitrogen and oxygen atoms in total. The van der Waals surface area contributed by atoms with Crippen LogP contribution < -0.4 is 4.72 Å². The summed E-state index contributed by atoms with van der Waals surface area (Å²) in [4.78, 5) is 9.85. The SMILES string of the molecule is CC(O)C(NS(=O)(=O)c1ccc(F)cc1F)C(=O)O. The van der Waals surface area contributed by atoms with E-state index in [0.29, 0.717) is 12.1 Å². The Balaban J connectivity index is 3.14. The number of nitrogens with one attached hydrogen (secondary N) is 1.